The van der Waals surface area contributed by atoms with Crippen molar-refractivity contribution in [1.82, 2.24) is 15.0 Å². The highest BCUT2D eigenvalue weighted by atomic mass is 32.1. The Bertz CT molecular complexity index is 602. The van der Waals surface area contributed by atoms with E-state index in [0.717, 1.165) is 35.3 Å². The maximum absolute atomic E-state index is 4.82. The van der Waals surface area contributed by atoms with Gasteiger partial charge in [0, 0.05) is 29.6 Å². The molecule has 4 nitrogen and oxygen atoms in total. The van der Waals surface area contributed by atoms with E-state index in [-0.39, 0.29) is 0 Å². The number of nitrogens with zero attached hydrogens (tertiary/aromatic N) is 3. The molecule has 0 spiro atoms. The first-order chi connectivity index (χ1) is 10.2. The molecule has 0 atom stereocenters. The molecule has 0 amide bonds. The quantitative estimate of drug-likeness (QED) is 0.909. The lowest BCUT2D eigenvalue weighted by atomic mass is 10.0. The van der Waals surface area contributed by atoms with Gasteiger partial charge in [-0.05, 0) is 26.7 Å². The lowest BCUT2D eigenvalue weighted by Crippen LogP contribution is -2.08. The molecular weight excluding hydrogens is 280 g/mol. The fourth-order valence-corrected chi connectivity index (χ4v) is 3.56. The molecule has 1 aliphatic rings. The third-order valence-electron chi connectivity index (χ3n) is 3.93. The highest BCUT2D eigenvalue weighted by molar-refractivity contribution is 7.09. The third kappa shape index (κ3) is 3.59. The Morgan fingerprint density at radius 3 is 2.71 bits per heavy atom. The van der Waals surface area contributed by atoms with Crippen molar-refractivity contribution < 1.29 is 0 Å². The molecule has 0 aliphatic heterocycles. The summed E-state index contributed by atoms with van der Waals surface area (Å²) in [4.78, 5) is 14.0. The van der Waals surface area contributed by atoms with Crippen molar-refractivity contribution in [2.45, 2.75) is 51.9 Å². The van der Waals surface area contributed by atoms with Gasteiger partial charge >= 0.3 is 0 Å². The van der Waals surface area contributed by atoms with Crippen LogP contribution in [-0.4, -0.2) is 21.5 Å². The predicted octanol–water partition coefficient (Wildman–Crippen LogP) is 3.92. The molecule has 0 saturated heterocycles. The minimum Gasteiger partial charge on any atom is -0.370 e. The first-order valence-electron chi connectivity index (χ1n) is 7.77. The molecular formula is C16H22N4S. The van der Waals surface area contributed by atoms with Gasteiger partial charge in [0.2, 0.25) is 0 Å². The van der Waals surface area contributed by atoms with Gasteiger partial charge in [0.05, 0.1) is 17.1 Å². The topological polar surface area (TPSA) is 50.7 Å². The van der Waals surface area contributed by atoms with Crippen LogP contribution in [0.25, 0.3) is 0 Å². The Hall–Kier alpha value is -1.49. The summed E-state index contributed by atoms with van der Waals surface area (Å²) >= 11 is 1.69. The van der Waals surface area contributed by atoms with Gasteiger partial charge in [-0.3, -0.25) is 0 Å². The first-order valence-corrected chi connectivity index (χ1v) is 8.65. The van der Waals surface area contributed by atoms with E-state index in [0.29, 0.717) is 5.92 Å². The largest absolute Gasteiger partial charge is 0.370 e. The molecule has 21 heavy (non-hydrogen) atoms. The Morgan fingerprint density at radius 1 is 1.24 bits per heavy atom. The van der Waals surface area contributed by atoms with Gasteiger partial charge in [0.1, 0.15) is 11.6 Å². The fourth-order valence-electron chi connectivity index (χ4n) is 2.95. The monoisotopic (exact) mass is 302 g/mol. The number of thiazole rings is 1. The van der Waals surface area contributed by atoms with E-state index in [9.17, 15) is 0 Å². The minimum absolute atomic E-state index is 0.612. The highest BCUT2D eigenvalue weighted by Crippen LogP contribution is 2.33. The summed E-state index contributed by atoms with van der Waals surface area (Å²) in [6.45, 7) is 5.02. The number of rotatable bonds is 5. The van der Waals surface area contributed by atoms with Gasteiger partial charge in [-0.25, -0.2) is 15.0 Å². The second-order valence-electron chi connectivity index (χ2n) is 5.64. The second kappa shape index (κ2) is 6.52. The van der Waals surface area contributed by atoms with E-state index < -0.39 is 0 Å². The predicted molar refractivity (Wildman–Crippen MR) is 87.1 cm³/mol. The lowest BCUT2D eigenvalue weighted by molar-refractivity contribution is 0.686. The molecule has 0 bridgehead atoms. The van der Waals surface area contributed by atoms with Crippen LogP contribution in [-0.2, 0) is 6.42 Å². The van der Waals surface area contributed by atoms with E-state index in [1.54, 1.807) is 11.3 Å². The van der Waals surface area contributed by atoms with E-state index in [1.165, 1.54) is 31.4 Å². The molecule has 2 aromatic heterocycles. The van der Waals surface area contributed by atoms with Gasteiger partial charge in [0.25, 0.3) is 0 Å². The van der Waals surface area contributed by atoms with Crippen LogP contribution in [0, 0.1) is 6.92 Å². The number of anilines is 1. The van der Waals surface area contributed by atoms with Crippen LogP contribution in [0.1, 0.15) is 60.7 Å². The minimum atomic E-state index is 0.612. The van der Waals surface area contributed by atoms with Crippen LogP contribution in [0.5, 0.6) is 0 Å². The van der Waals surface area contributed by atoms with Crippen LogP contribution in [0.4, 0.5) is 5.82 Å². The van der Waals surface area contributed by atoms with Crippen molar-refractivity contribution >= 4 is 17.2 Å². The SMILES string of the molecule is CCNc1cc(C2CCCC2)nc(Cc2csc(C)n2)n1. The lowest BCUT2D eigenvalue weighted by Gasteiger charge is -2.12. The van der Waals surface area contributed by atoms with Crippen molar-refractivity contribution in [3.05, 3.63) is 33.7 Å². The van der Waals surface area contributed by atoms with Crippen LogP contribution in [0.3, 0.4) is 0 Å². The summed E-state index contributed by atoms with van der Waals surface area (Å²) in [6, 6.07) is 2.13. The Labute approximate surface area is 130 Å². The van der Waals surface area contributed by atoms with Crippen molar-refractivity contribution in [3.63, 3.8) is 0 Å². The number of aryl methyl sites for hydroxylation is 1. The number of nitrogens with one attached hydrogen (secondary N) is 1. The summed E-state index contributed by atoms with van der Waals surface area (Å²) < 4.78 is 0. The third-order valence-corrected chi connectivity index (χ3v) is 4.75. The zero-order valence-corrected chi connectivity index (χ0v) is 13.5. The summed E-state index contributed by atoms with van der Waals surface area (Å²) in [5.74, 6) is 2.46. The normalized spacial score (nSPS) is 15.5. The Balaban J connectivity index is 1.86. The van der Waals surface area contributed by atoms with E-state index in [1.807, 2.05) is 6.92 Å². The summed E-state index contributed by atoms with van der Waals surface area (Å²) in [6.07, 6.45) is 5.90. The van der Waals surface area contributed by atoms with E-state index in [4.69, 9.17) is 4.98 Å². The first kappa shape index (κ1) is 14.4. The molecule has 112 valence electrons. The van der Waals surface area contributed by atoms with Crippen molar-refractivity contribution in [3.8, 4) is 0 Å². The molecule has 3 rings (SSSR count). The summed E-state index contributed by atoms with van der Waals surface area (Å²) in [5.41, 5.74) is 2.28. The molecule has 0 radical (unpaired) electrons. The van der Waals surface area contributed by atoms with Crippen LogP contribution < -0.4 is 5.32 Å². The average molecular weight is 302 g/mol. The van der Waals surface area contributed by atoms with Crippen LogP contribution >= 0.6 is 11.3 Å². The second-order valence-corrected chi connectivity index (χ2v) is 6.70. The fraction of sp³-hybridized carbons (Fsp3) is 0.562. The molecule has 2 aromatic rings. The number of aromatic nitrogens is 3. The Kier molecular flexibility index (Phi) is 4.48. The summed E-state index contributed by atoms with van der Waals surface area (Å²) in [5, 5.41) is 6.54. The van der Waals surface area contributed by atoms with E-state index in [2.05, 4.69) is 33.7 Å². The zero-order chi connectivity index (χ0) is 14.7. The van der Waals surface area contributed by atoms with E-state index >= 15 is 0 Å². The maximum Gasteiger partial charge on any atom is 0.136 e. The smallest absolute Gasteiger partial charge is 0.136 e. The van der Waals surface area contributed by atoms with Gasteiger partial charge in [0.15, 0.2) is 0 Å². The van der Waals surface area contributed by atoms with Crippen molar-refractivity contribution in [2.24, 2.45) is 0 Å². The van der Waals surface area contributed by atoms with Crippen LogP contribution in [0.2, 0.25) is 0 Å². The van der Waals surface area contributed by atoms with Gasteiger partial charge < -0.3 is 5.32 Å². The molecule has 1 saturated carbocycles. The molecule has 1 fully saturated rings. The summed E-state index contributed by atoms with van der Waals surface area (Å²) in [7, 11) is 0. The molecule has 5 heteroatoms. The van der Waals surface area contributed by atoms with Crippen molar-refractivity contribution in [1.29, 1.82) is 0 Å². The zero-order valence-electron chi connectivity index (χ0n) is 12.7. The molecule has 1 N–H and O–H groups in total. The highest BCUT2D eigenvalue weighted by Gasteiger charge is 2.20. The standard InChI is InChI=1S/C16H22N4S/c1-3-17-15-9-14(12-6-4-5-7-12)19-16(20-15)8-13-10-21-11(2)18-13/h9-10,12H,3-8H2,1-2H3,(H,17,19,20). The average Bonchev–Trinajstić information content (AvgIpc) is 3.11. The van der Waals surface area contributed by atoms with Gasteiger partial charge in [-0.1, -0.05) is 12.8 Å². The van der Waals surface area contributed by atoms with Crippen LogP contribution in [0.15, 0.2) is 11.4 Å². The molecule has 0 unspecified atom stereocenters. The number of hydrogen-bond acceptors (Lipinski definition) is 5. The maximum atomic E-state index is 4.82. The molecule has 1 aliphatic carbocycles. The van der Waals surface area contributed by atoms with Gasteiger partial charge in [-0.2, -0.15) is 0 Å². The number of hydrogen-bond donors (Lipinski definition) is 1. The Morgan fingerprint density at radius 2 is 2.05 bits per heavy atom. The van der Waals surface area contributed by atoms with Crippen molar-refractivity contribution in [2.75, 3.05) is 11.9 Å². The molecule has 2 heterocycles. The van der Waals surface area contributed by atoms with Gasteiger partial charge in [-0.15, -0.1) is 11.3 Å². The molecule has 0 aromatic carbocycles.